The minimum absolute atomic E-state index is 0.00126. The number of carbonyl (C=O) groups is 1. The molecule has 0 amide bonds. The van der Waals surface area contributed by atoms with Gasteiger partial charge in [0.1, 0.15) is 0 Å². The van der Waals surface area contributed by atoms with E-state index in [4.69, 9.17) is 0 Å². The SMILES string of the molecule is C=C(NCCN1CCCCC1)C(=O)/C(=C/C)c1cc(C)ccc1C(C)C. The van der Waals surface area contributed by atoms with Crippen LogP contribution in [0.5, 0.6) is 0 Å². The summed E-state index contributed by atoms with van der Waals surface area (Å²) in [5, 5.41) is 3.25. The van der Waals surface area contributed by atoms with Crippen LogP contribution in [0.4, 0.5) is 0 Å². The maximum atomic E-state index is 13.0. The second kappa shape index (κ2) is 9.72. The quantitative estimate of drug-likeness (QED) is 0.688. The average molecular weight is 355 g/mol. The number of likely N-dealkylation sites (tertiary alicyclic amines) is 1. The minimum atomic E-state index is -0.00126. The molecule has 2 rings (SSSR count). The van der Waals surface area contributed by atoms with E-state index in [-0.39, 0.29) is 5.78 Å². The van der Waals surface area contributed by atoms with Crippen LogP contribution in [-0.2, 0) is 4.79 Å². The van der Waals surface area contributed by atoms with Gasteiger partial charge in [-0.1, -0.05) is 56.7 Å². The smallest absolute Gasteiger partial charge is 0.208 e. The molecule has 1 aliphatic heterocycles. The van der Waals surface area contributed by atoms with Crippen molar-refractivity contribution in [3.63, 3.8) is 0 Å². The van der Waals surface area contributed by atoms with Crippen molar-refractivity contribution in [3.05, 3.63) is 53.2 Å². The summed E-state index contributed by atoms with van der Waals surface area (Å²) in [5.41, 5.74) is 4.64. The molecule has 1 fully saturated rings. The molecule has 0 bridgehead atoms. The molecule has 3 heteroatoms. The number of ketones is 1. The van der Waals surface area contributed by atoms with Gasteiger partial charge in [0, 0.05) is 18.7 Å². The number of allylic oxidation sites excluding steroid dienone is 2. The summed E-state index contributed by atoms with van der Waals surface area (Å²) in [6.07, 6.45) is 5.83. The lowest BCUT2D eigenvalue weighted by atomic mass is 9.88. The van der Waals surface area contributed by atoms with Crippen LogP contribution in [-0.4, -0.2) is 36.9 Å². The molecule has 142 valence electrons. The Labute approximate surface area is 159 Å². The lowest BCUT2D eigenvalue weighted by Crippen LogP contribution is -2.36. The highest BCUT2D eigenvalue weighted by molar-refractivity contribution is 6.28. The molecule has 0 unspecified atom stereocenters. The van der Waals surface area contributed by atoms with Gasteiger partial charge in [-0.3, -0.25) is 4.79 Å². The van der Waals surface area contributed by atoms with Crippen LogP contribution >= 0.6 is 0 Å². The van der Waals surface area contributed by atoms with E-state index in [0.29, 0.717) is 11.6 Å². The van der Waals surface area contributed by atoms with E-state index < -0.39 is 0 Å². The van der Waals surface area contributed by atoms with Gasteiger partial charge in [-0.05, 0) is 56.8 Å². The van der Waals surface area contributed by atoms with E-state index in [1.165, 1.54) is 43.5 Å². The van der Waals surface area contributed by atoms with Crippen LogP contribution in [0.2, 0.25) is 0 Å². The van der Waals surface area contributed by atoms with Crippen molar-refractivity contribution in [2.75, 3.05) is 26.2 Å². The number of aryl methyl sites for hydroxylation is 1. The number of benzene rings is 1. The number of Topliss-reactive ketones (excluding diaryl/α,β-unsaturated/α-hetero) is 1. The molecule has 1 aliphatic rings. The molecule has 3 nitrogen and oxygen atoms in total. The fourth-order valence-electron chi connectivity index (χ4n) is 3.61. The maximum absolute atomic E-state index is 13.0. The van der Waals surface area contributed by atoms with Gasteiger partial charge in [-0.15, -0.1) is 0 Å². The number of rotatable bonds is 8. The van der Waals surface area contributed by atoms with Crippen LogP contribution < -0.4 is 5.32 Å². The first-order chi connectivity index (χ1) is 12.4. The minimum Gasteiger partial charge on any atom is -0.381 e. The third-order valence-electron chi connectivity index (χ3n) is 5.14. The van der Waals surface area contributed by atoms with Crippen LogP contribution in [0.1, 0.15) is 62.6 Å². The first-order valence-corrected chi connectivity index (χ1v) is 9.91. The number of hydrogen-bond donors (Lipinski definition) is 1. The molecule has 0 aromatic heterocycles. The van der Waals surface area contributed by atoms with Crippen molar-refractivity contribution in [2.24, 2.45) is 0 Å². The second-order valence-electron chi connectivity index (χ2n) is 7.58. The summed E-state index contributed by atoms with van der Waals surface area (Å²) < 4.78 is 0. The zero-order valence-electron chi connectivity index (χ0n) is 16.9. The number of carbonyl (C=O) groups excluding carboxylic acids is 1. The highest BCUT2D eigenvalue weighted by atomic mass is 16.1. The van der Waals surface area contributed by atoms with E-state index in [1.54, 1.807) is 0 Å². The predicted octanol–water partition coefficient (Wildman–Crippen LogP) is 4.68. The van der Waals surface area contributed by atoms with Crippen molar-refractivity contribution in [2.45, 2.75) is 52.9 Å². The second-order valence-corrected chi connectivity index (χ2v) is 7.58. The summed E-state index contributed by atoms with van der Waals surface area (Å²) in [6, 6.07) is 6.37. The molecule has 0 saturated carbocycles. The van der Waals surface area contributed by atoms with Gasteiger partial charge in [0.25, 0.3) is 0 Å². The van der Waals surface area contributed by atoms with E-state index in [2.05, 4.69) is 55.8 Å². The van der Waals surface area contributed by atoms with Gasteiger partial charge in [0.05, 0.1) is 5.70 Å². The van der Waals surface area contributed by atoms with Gasteiger partial charge in [-0.2, -0.15) is 0 Å². The molecule has 1 heterocycles. The predicted molar refractivity (Wildman–Crippen MR) is 111 cm³/mol. The standard InChI is InChI=1S/C23H34N2O/c1-6-20(22-16-18(4)10-11-21(22)17(2)3)23(26)19(5)24-12-15-25-13-8-7-9-14-25/h6,10-11,16-17,24H,5,7-9,12-15H2,1-4H3/b20-6+. The van der Waals surface area contributed by atoms with E-state index in [9.17, 15) is 4.79 Å². The van der Waals surface area contributed by atoms with Crippen molar-refractivity contribution >= 4 is 11.4 Å². The zero-order valence-corrected chi connectivity index (χ0v) is 16.9. The Morgan fingerprint density at radius 2 is 1.96 bits per heavy atom. The maximum Gasteiger partial charge on any atom is 0.208 e. The zero-order chi connectivity index (χ0) is 19.1. The monoisotopic (exact) mass is 354 g/mol. The van der Waals surface area contributed by atoms with E-state index in [0.717, 1.165) is 24.2 Å². The van der Waals surface area contributed by atoms with Crippen molar-refractivity contribution in [1.82, 2.24) is 10.2 Å². The van der Waals surface area contributed by atoms with Crippen molar-refractivity contribution in [3.8, 4) is 0 Å². The molecule has 1 N–H and O–H groups in total. The average Bonchev–Trinajstić information content (AvgIpc) is 2.63. The number of hydrogen-bond acceptors (Lipinski definition) is 3. The molecule has 1 aromatic carbocycles. The number of piperidine rings is 1. The lowest BCUT2D eigenvalue weighted by molar-refractivity contribution is -0.110. The van der Waals surface area contributed by atoms with E-state index in [1.807, 2.05) is 13.0 Å². The van der Waals surface area contributed by atoms with Crippen LogP contribution in [0.25, 0.3) is 5.57 Å². The fourth-order valence-corrected chi connectivity index (χ4v) is 3.61. The third kappa shape index (κ3) is 5.31. The van der Waals surface area contributed by atoms with Gasteiger partial charge in [0.2, 0.25) is 5.78 Å². The molecular formula is C23H34N2O. The molecule has 26 heavy (non-hydrogen) atoms. The summed E-state index contributed by atoms with van der Waals surface area (Å²) in [4.78, 5) is 15.5. The Balaban J connectivity index is 2.04. The van der Waals surface area contributed by atoms with Crippen molar-refractivity contribution < 1.29 is 4.79 Å². The van der Waals surface area contributed by atoms with Gasteiger partial charge in [0.15, 0.2) is 0 Å². The van der Waals surface area contributed by atoms with Crippen LogP contribution in [0.15, 0.2) is 36.6 Å². The summed E-state index contributed by atoms with van der Waals surface area (Å²) in [6.45, 7) is 16.4. The number of nitrogens with zero attached hydrogens (tertiary/aromatic N) is 1. The van der Waals surface area contributed by atoms with Crippen LogP contribution in [0.3, 0.4) is 0 Å². The Hall–Kier alpha value is -1.87. The Bertz CT molecular complexity index is 667. The number of nitrogens with one attached hydrogen (secondary N) is 1. The molecule has 0 aliphatic carbocycles. The topological polar surface area (TPSA) is 32.3 Å². The molecule has 1 saturated heterocycles. The van der Waals surface area contributed by atoms with Gasteiger partial charge in [-0.25, -0.2) is 0 Å². The van der Waals surface area contributed by atoms with Crippen LogP contribution in [0, 0.1) is 6.92 Å². The highest BCUT2D eigenvalue weighted by Crippen LogP contribution is 2.28. The van der Waals surface area contributed by atoms with Gasteiger partial charge >= 0.3 is 0 Å². The Kier molecular flexibility index (Phi) is 7.65. The molecule has 0 atom stereocenters. The molecule has 0 radical (unpaired) electrons. The third-order valence-corrected chi connectivity index (χ3v) is 5.14. The Morgan fingerprint density at radius 3 is 2.58 bits per heavy atom. The molecule has 1 aromatic rings. The first-order valence-electron chi connectivity index (χ1n) is 9.91. The summed E-state index contributed by atoms with van der Waals surface area (Å²) in [5.74, 6) is 0.368. The molecule has 0 spiro atoms. The van der Waals surface area contributed by atoms with Gasteiger partial charge < -0.3 is 10.2 Å². The lowest BCUT2D eigenvalue weighted by Gasteiger charge is -2.26. The highest BCUT2D eigenvalue weighted by Gasteiger charge is 2.19. The summed E-state index contributed by atoms with van der Waals surface area (Å²) in [7, 11) is 0. The molecular weight excluding hydrogens is 320 g/mol. The van der Waals surface area contributed by atoms with E-state index >= 15 is 0 Å². The summed E-state index contributed by atoms with van der Waals surface area (Å²) >= 11 is 0. The van der Waals surface area contributed by atoms with Crippen molar-refractivity contribution in [1.29, 1.82) is 0 Å². The fraction of sp³-hybridized carbons (Fsp3) is 0.522. The Morgan fingerprint density at radius 1 is 1.27 bits per heavy atom. The normalized spacial score (nSPS) is 16.0. The largest absolute Gasteiger partial charge is 0.381 e. The first kappa shape index (κ1) is 20.4.